The Labute approximate surface area is 104 Å². The van der Waals surface area contributed by atoms with Gasteiger partial charge in [0.1, 0.15) is 0 Å². The van der Waals surface area contributed by atoms with E-state index in [9.17, 15) is 4.79 Å². The second-order valence-electron chi connectivity index (χ2n) is 4.82. The highest BCUT2D eigenvalue weighted by atomic mass is 16.5. The molecule has 96 valence electrons. The van der Waals surface area contributed by atoms with Crippen molar-refractivity contribution in [3.8, 4) is 0 Å². The molecule has 0 saturated carbocycles. The molecule has 0 amide bonds. The third-order valence-corrected chi connectivity index (χ3v) is 3.73. The van der Waals surface area contributed by atoms with E-state index < -0.39 is 5.76 Å². The quantitative estimate of drug-likeness (QED) is 0.844. The number of fused-ring (bicyclic) bond motifs is 1. The van der Waals surface area contributed by atoms with E-state index >= 15 is 0 Å². The van der Waals surface area contributed by atoms with Gasteiger partial charge in [-0.25, -0.2) is 4.79 Å². The highest BCUT2D eigenvalue weighted by molar-refractivity contribution is 5.72. The molecule has 18 heavy (non-hydrogen) atoms. The SMILES string of the molecule is CC1OCCC1C(N)c1ccc2[nH]c(=O)oc2c1. The topological polar surface area (TPSA) is 81.2 Å². The van der Waals surface area contributed by atoms with Gasteiger partial charge in [0.05, 0.1) is 11.6 Å². The molecule has 0 spiro atoms. The van der Waals surface area contributed by atoms with E-state index in [1.165, 1.54) is 0 Å². The maximum absolute atomic E-state index is 11.1. The minimum atomic E-state index is -0.437. The lowest BCUT2D eigenvalue weighted by Crippen LogP contribution is -2.26. The Kier molecular flexibility index (Phi) is 2.72. The van der Waals surface area contributed by atoms with Crippen molar-refractivity contribution in [2.24, 2.45) is 11.7 Å². The molecule has 2 aromatic rings. The van der Waals surface area contributed by atoms with Crippen LogP contribution in [0.4, 0.5) is 0 Å². The number of hydrogen-bond acceptors (Lipinski definition) is 4. The van der Waals surface area contributed by atoms with Crippen LogP contribution in [-0.2, 0) is 4.74 Å². The van der Waals surface area contributed by atoms with Crippen molar-refractivity contribution in [1.82, 2.24) is 4.98 Å². The number of rotatable bonds is 2. The number of oxazole rings is 1. The van der Waals surface area contributed by atoms with Crippen molar-refractivity contribution >= 4 is 11.1 Å². The zero-order chi connectivity index (χ0) is 12.7. The zero-order valence-corrected chi connectivity index (χ0v) is 10.2. The highest BCUT2D eigenvalue weighted by Crippen LogP contribution is 2.32. The monoisotopic (exact) mass is 248 g/mol. The highest BCUT2D eigenvalue weighted by Gasteiger charge is 2.30. The Morgan fingerprint density at radius 2 is 2.33 bits per heavy atom. The lowest BCUT2D eigenvalue weighted by Gasteiger charge is -2.22. The van der Waals surface area contributed by atoms with Crippen molar-refractivity contribution < 1.29 is 9.15 Å². The first-order valence-corrected chi connectivity index (χ1v) is 6.15. The predicted molar refractivity (Wildman–Crippen MR) is 67.3 cm³/mol. The minimum Gasteiger partial charge on any atom is -0.408 e. The molecule has 1 saturated heterocycles. The van der Waals surface area contributed by atoms with Crippen molar-refractivity contribution in [3.05, 3.63) is 34.3 Å². The molecule has 0 radical (unpaired) electrons. The summed E-state index contributed by atoms with van der Waals surface area (Å²) in [5, 5.41) is 0. The van der Waals surface area contributed by atoms with Crippen molar-refractivity contribution in [1.29, 1.82) is 0 Å². The van der Waals surface area contributed by atoms with E-state index in [1.807, 2.05) is 25.1 Å². The molecule has 3 unspecified atom stereocenters. The van der Waals surface area contributed by atoms with Crippen LogP contribution in [0.2, 0.25) is 0 Å². The van der Waals surface area contributed by atoms with Crippen LogP contribution >= 0.6 is 0 Å². The van der Waals surface area contributed by atoms with Gasteiger partial charge >= 0.3 is 5.76 Å². The fourth-order valence-electron chi connectivity index (χ4n) is 2.64. The van der Waals surface area contributed by atoms with Gasteiger partial charge in [-0.1, -0.05) is 6.07 Å². The van der Waals surface area contributed by atoms with Crippen molar-refractivity contribution in [2.75, 3.05) is 6.61 Å². The second-order valence-corrected chi connectivity index (χ2v) is 4.82. The molecule has 5 heteroatoms. The normalized spacial score (nSPS) is 25.7. The van der Waals surface area contributed by atoms with Gasteiger partial charge in [0.15, 0.2) is 5.58 Å². The van der Waals surface area contributed by atoms with Gasteiger partial charge in [-0.15, -0.1) is 0 Å². The summed E-state index contributed by atoms with van der Waals surface area (Å²) in [7, 11) is 0. The van der Waals surface area contributed by atoms with Crippen LogP contribution < -0.4 is 11.5 Å². The molecule has 0 bridgehead atoms. The van der Waals surface area contributed by atoms with Crippen LogP contribution in [0.25, 0.3) is 11.1 Å². The molecule has 0 aliphatic carbocycles. The van der Waals surface area contributed by atoms with Gasteiger partial charge in [0.2, 0.25) is 0 Å². The number of hydrogen-bond donors (Lipinski definition) is 2. The lowest BCUT2D eigenvalue weighted by atomic mass is 9.89. The van der Waals surface area contributed by atoms with Gasteiger partial charge in [-0.2, -0.15) is 0 Å². The summed E-state index contributed by atoms with van der Waals surface area (Å²) in [5.41, 5.74) is 8.51. The number of benzene rings is 1. The number of nitrogens with two attached hydrogens (primary N) is 1. The number of nitrogens with one attached hydrogen (secondary N) is 1. The maximum atomic E-state index is 11.1. The average Bonchev–Trinajstić information content (AvgIpc) is 2.91. The van der Waals surface area contributed by atoms with E-state index in [0.29, 0.717) is 17.0 Å². The van der Waals surface area contributed by atoms with Crippen LogP contribution in [0, 0.1) is 5.92 Å². The molecule has 1 aromatic carbocycles. The van der Waals surface area contributed by atoms with Gasteiger partial charge in [0.25, 0.3) is 0 Å². The fourth-order valence-corrected chi connectivity index (χ4v) is 2.64. The summed E-state index contributed by atoms with van der Waals surface area (Å²) in [4.78, 5) is 13.7. The molecule has 1 aliphatic heterocycles. The Morgan fingerprint density at radius 3 is 3.06 bits per heavy atom. The summed E-state index contributed by atoms with van der Waals surface area (Å²) < 4.78 is 10.6. The fraction of sp³-hybridized carbons (Fsp3) is 0.462. The lowest BCUT2D eigenvalue weighted by molar-refractivity contribution is 0.0995. The van der Waals surface area contributed by atoms with Gasteiger partial charge in [-0.3, -0.25) is 4.98 Å². The third-order valence-electron chi connectivity index (χ3n) is 3.73. The third kappa shape index (κ3) is 1.85. The summed E-state index contributed by atoms with van der Waals surface area (Å²) >= 11 is 0. The summed E-state index contributed by atoms with van der Waals surface area (Å²) in [6.45, 7) is 2.81. The largest absolute Gasteiger partial charge is 0.417 e. The Balaban J connectivity index is 1.95. The van der Waals surface area contributed by atoms with E-state index in [-0.39, 0.29) is 12.1 Å². The first-order valence-electron chi connectivity index (χ1n) is 6.15. The molecule has 1 fully saturated rings. The van der Waals surface area contributed by atoms with Crippen LogP contribution in [-0.4, -0.2) is 17.7 Å². The smallest absolute Gasteiger partial charge is 0.408 e. The van der Waals surface area contributed by atoms with Crippen LogP contribution in [0.15, 0.2) is 27.4 Å². The summed E-state index contributed by atoms with van der Waals surface area (Å²) in [5.74, 6) is -0.124. The van der Waals surface area contributed by atoms with Gasteiger partial charge in [0, 0.05) is 18.6 Å². The molecule has 2 heterocycles. The van der Waals surface area contributed by atoms with E-state index in [2.05, 4.69) is 4.98 Å². The van der Waals surface area contributed by atoms with Gasteiger partial charge < -0.3 is 14.9 Å². The Morgan fingerprint density at radius 1 is 1.50 bits per heavy atom. The molecule has 3 rings (SSSR count). The van der Waals surface area contributed by atoms with Crippen molar-refractivity contribution in [2.45, 2.75) is 25.5 Å². The molecule has 1 aliphatic rings. The molecule has 5 nitrogen and oxygen atoms in total. The first kappa shape index (κ1) is 11.5. The number of H-pyrrole nitrogens is 1. The summed E-state index contributed by atoms with van der Waals surface area (Å²) in [6.07, 6.45) is 1.14. The average molecular weight is 248 g/mol. The second kappa shape index (κ2) is 4.26. The Bertz CT molecular complexity index is 616. The molecule has 3 N–H and O–H groups in total. The number of aromatic nitrogens is 1. The molecular formula is C13H16N2O3. The summed E-state index contributed by atoms with van der Waals surface area (Å²) in [6, 6.07) is 5.51. The van der Waals surface area contributed by atoms with E-state index in [0.717, 1.165) is 18.6 Å². The standard InChI is InChI=1S/C13H16N2O3/c1-7-9(4-5-17-7)12(14)8-2-3-10-11(6-8)18-13(16)15-10/h2-3,6-7,9,12H,4-5,14H2,1H3,(H,15,16). The zero-order valence-electron chi connectivity index (χ0n) is 10.2. The first-order chi connectivity index (χ1) is 8.65. The van der Waals surface area contributed by atoms with Crippen molar-refractivity contribution in [3.63, 3.8) is 0 Å². The van der Waals surface area contributed by atoms with Crippen LogP contribution in [0.3, 0.4) is 0 Å². The van der Waals surface area contributed by atoms with E-state index in [1.54, 1.807) is 0 Å². The number of aromatic amines is 1. The number of ether oxygens (including phenoxy) is 1. The maximum Gasteiger partial charge on any atom is 0.417 e. The molecule has 3 atom stereocenters. The predicted octanol–water partition coefficient (Wildman–Crippen LogP) is 1.55. The molecule has 1 aromatic heterocycles. The van der Waals surface area contributed by atoms with Crippen LogP contribution in [0.1, 0.15) is 24.9 Å². The molecular weight excluding hydrogens is 232 g/mol. The van der Waals surface area contributed by atoms with E-state index in [4.69, 9.17) is 14.9 Å². The van der Waals surface area contributed by atoms with Gasteiger partial charge in [-0.05, 0) is 31.0 Å². The Hall–Kier alpha value is -1.59. The van der Waals surface area contributed by atoms with Crippen LogP contribution in [0.5, 0.6) is 0 Å². The minimum absolute atomic E-state index is 0.0906.